The van der Waals surface area contributed by atoms with Crippen LogP contribution in [-0.2, 0) is 0 Å². The zero-order valence-electron chi connectivity index (χ0n) is 19.5. The number of pyridine rings is 3. The van der Waals surface area contributed by atoms with Gasteiger partial charge in [-0.1, -0.05) is 84.9 Å². The highest BCUT2D eigenvalue weighted by molar-refractivity contribution is 6.22. The Morgan fingerprint density at radius 1 is 0.444 bits per heavy atom. The van der Waals surface area contributed by atoms with E-state index in [0.29, 0.717) is 0 Å². The molecule has 0 spiro atoms. The van der Waals surface area contributed by atoms with E-state index >= 15 is 0 Å². The largest absolute Gasteiger partial charge is 0.255 e. The molecule has 0 saturated heterocycles. The Hall–Kier alpha value is -4.89. The number of para-hydroxylation sites is 1. The van der Waals surface area contributed by atoms with Gasteiger partial charge in [0.25, 0.3) is 0 Å². The summed E-state index contributed by atoms with van der Waals surface area (Å²) in [5, 5.41) is 6.05. The maximum atomic E-state index is 5.15. The Morgan fingerprint density at radius 2 is 1.19 bits per heavy atom. The molecule has 0 radical (unpaired) electrons. The van der Waals surface area contributed by atoms with Gasteiger partial charge < -0.3 is 0 Å². The first-order valence-corrected chi connectivity index (χ1v) is 12.0. The lowest BCUT2D eigenvalue weighted by Crippen LogP contribution is -1.92. The van der Waals surface area contributed by atoms with Gasteiger partial charge in [-0.3, -0.25) is 4.98 Å². The van der Waals surface area contributed by atoms with Gasteiger partial charge >= 0.3 is 0 Å². The van der Waals surface area contributed by atoms with Gasteiger partial charge in [0.15, 0.2) is 0 Å². The van der Waals surface area contributed by atoms with Crippen molar-refractivity contribution in [3.8, 4) is 33.9 Å². The fraction of sp³-hybridized carbons (Fsp3) is 0. The molecule has 3 heteroatoms. The van der Waals surface area contributed by atoms with Gasteiger partial charge in [-0.25, -0.2) is 9.97 Å². The van der Waals surface area contributed by atoms with Crippen LogP contribution in [0.3, 0.4) is 0 Å². The zero-order chi connectivity index (χ0) is 23.9. The fourth-order valence-corrected chi connectivity index (χ4v) is 5.02. The highest BCUT2D eigenvalue weighted by atomic mass is 14.8. The second-order valence-corrected chi connectivity index (χ2v) is 8.89. The summed E-state index contributed by atoms with van der Waals surface area (Å²) in [5.41, 5.74) is 6.74. The first-order chi connectivity index (χ1) is 17.8. The quantitative estimate of drug-likeness (QED) is 0.249. The molecule has 0 unspecified atom stereocenters. The number of hydrogen-bond donors (Lipinski definition) is 0. The summed E-state index contributed by atoms with van der Waals surface area (Å²) in [6.07, 6.45) is 1.80. The van der Waals surface area contributed by atoms with Crippen LogP contribution in [0, 0.1) is 0 Å². The second-order valence-electron chi connectivity index (χ2n) is 8.89. The number of nitrogens with zero attached hydrogens (tertiary/aromatic N) is 3. The third kappa shape index (κ3) is 3.41. The third-order valence-electron chi connectivity index (χ3n) is 6.70. The van der Waals surface area contributed by atoms with Crippen LogP contribution in [0.5, 0.6) is 0 Å². The van der Waals surface area contributed by atoms with E-state index in [-0.39, 0.29) is 0 Å². The van der Waals surface area contributed by atoms with Crippen LogP contribution in [-0.4, -0.2) is 15.0 Å². The zero-order valence-corrected chi connectivity index (χ0v) is 19.5. The molecular weight excluding hydrogens is 438 g/mol. The van der Waals surface area contributed by atoms with Gasteiger partial charge in [0, 0.05) is 33.5 Å². The maximum absolute atomic E-state index is 5.15. The number of rotatable bonds is 3. The van der Waals surface area contributed by atoms with Crippen molar-refractivity contribution in [2.24, 2.45) is 0 Å². The van der Waals surface area contributed by atoms with Crippen molar-refractivity contribution in [3.63, 3.8) is 0 Å². The summed E-state index contributed by atoms with van der Waals surface area (Å²) < 4.78 is 0. The first kappa shape index (κ1) is 20.5. The van der Waals surface area contributed by atoms with E-state index in [1.807, 2.05) is 36.4 Å². The van der Waals surface area contributed by atoms with Crippen molar-refractivity contribution in [2.75, 3.05) is 0 Å². The van der Waals surface area contributed by atoms with Crippen molar-refractivity contribution in [2.45, 2.75) is 0 Å². The molecule has 3 heterocycles. The van der Waals surface area contributed by atoms with Crippen LogP contribution in [0.1, 0.15) is 0 Å². The molecule has 36 heavy (non-hydrogen) atoms. The predicted octanol–water partition coefficient (Wildman–Crippen LogP) is 8.33. The van der Waals surface area contributed by atoms with Gasteiger partial charge in [0.1, 0.15) is 0 Å². The molecule has 0 bridgehead atoms. The van der Waals surface area contributed by atoms with Gasteiger partial charge in [-0.15, -0.1) is 0 Å². The minimum atomic E-state index is 0.860. The minimum Gasteiger partial charge on any atom is -0.255 e. The molecule has 0 atom stereocenters. The number of aromatic nitrogens is 3. The summed E-state index contributed by atoms with van der Waals surface area (Å²) in [7, 11) is 0. The van der Waals surface area contributed by atoms with Crippen LogP contribution >= 0.6 is 0 Å². The summed E-state index contributed by atoms with van der Waals surface area (Å²) in [4.78, 5) is 14.5. The highest BCUT2D eigenvalue weighted by Crippen LogP contribution is 2.37. The molecule has 0 aliphatic heterocycles. The molecule has 0 N–H and O–H groups in total. The van der Waals surface area contributed by atoms with Gasteiger partial charge in [0.2, 0.25) is 0 Å². The normalized spacial score (nSPS) is 11.3. The molecule has 3 aromatic heterocycles. The van der Waals surface area contributed by atoms with Crippen molar-refractivity contribution in [3.05, 3.63) is 128 Å². The Balaban J connectivity index is 1.44. The van der Waals surface area contributed by atoms with Crippen LogP contribution < -0.4 is 0 Å². The molecule has 168 valence electrons. The second kappa shape index (κ2) is 8.40. The van der Waals surface area contributed by atoms with Crippen molar-refractivity contribution in [1.29, 1.82) is 0 Å². The Bertz CT molecular complexity index is 1880. The van der Waals surface area contributed by atoms with E-state index in [4.69, 9.17) is 9.97 Å². The van der Waals surface area contributed by atoms with Gasteiger partial charge in [-0.05, 0) is 47.2 Å². The van der Waals surface area contributed by atoms with Gasteiger partial charge in [-0.2, -0.15) is 0 Å². The summed E-state index contributed by atoms with van der Waals surface area (Å²) in [6.45, 7) is 0. The molecule has 4 aromatic carbocycles. The van der Waals surface area contributed by atoms with E-state index in [1.165, 1.54) is 21.5 Å². The molecule has 0 aliphatic carbocycles. The molecule has 0 aliphatic rings. The van der Waals surface area contributed by atoms with Crippen LogP contribution in [0.25, 0.3) is 66.4 Å². The molecule has 0 fully saturated rings. The molecule has 0 saturated carbocycles. The fourth-order valence-electron chi connectivity index (χ4n) is 5.02. The Labute approximate surface area is 208 Å². The SMILES string of the molecule is c1ccc(-c2cccc(-c3cccc(-c4nc5ccccc5c5c4ccc4ccccc45)c3)n2)nc1. The lowest BCUT2D eigenvalue weighted by molar-refractivity contribution is 1.25. The predicted molar refractivity (Wildman–Crippen MR) is 149 cm³/mol. The van der Waals surface area contributed by atoms with E-state index < -0.39 is 0 Å². The summed E-state index contributed by atoms with van der Waals surface area (Å²) in [5.74, 6) is 0. The molecule has 3 nitrogen and oxygen atoms in total. The average Bonchev–Trinajstić information content (AvgIpc) is 2.97. The molecule has 0 amide bonds. The number of hydrogen-bond acceptors (Lipinski definition) is 3. The number of fused-ring (bicyclic) bond motifs is 5. The lowest BCUT2D eigenvalue weighted by Gasteiger charge is -2.13. The first-order valence-electron chi connectivity index (χ1n) is 12.0. The van der Waals surface area contributed by atoms with E-state index in [0.717, 1.165) is 44.8 Å². The van der Waals surface area contributed by atoms with Gasteiger partial charge in [0.05, 0.1) is 28.3 Å². The summed E-state index contributed by atoms with van der Waals surface area (Å²) >= 11 is 0. The molecule has 7 aromatic rings. The Kier molecular flexibility index (Phi) is 4.78. The maximum Gasteiger partial charge on any atom is 0.0893 e. The average molecular weight is 460 g/mol. The van der Waals surface area contributed by atoms with Crippen LogP contribution in [0.15, 0.2) is 128 Å². The van der Waals surface area contributed by atoms with E-state index in [2.05, 4.69) is 89.9 Å². The Morgan fingerprint density at radius 3 is 2.11 bits per heavy atom. The van der Waals surface area contributed by atoms with Crippen molar-refractivity contribution in [1.82, 2.24) is 15.0 Å². The minimum absolute atomic E-state index is 0.860. The third-order valence-corrected chi connectivity index (χ3v) is 6.70. The topological polar surface area (TPSA) is 38.7 Å². The standard InChI is InChI=1S/C33H21N3/c1-2-12-25-22(9-1)18-19-27-32(25)26-13-3-4-14-29(26)36-33(27)24-11-7-10-23(21-24)28-16-8-17-31(35-28)30-15-5-6-20-34-30/h1-21H. The van der Waals surface area contributed by atoms with Crippen molar-refractivity contribution >= 4 is 32.4 Å². The summed E-state index contributed by atoms with van der Waals surface area (Å²) in [6, 6.07) is 41.9. The van der Waals surface area contributed by atoms with Crippen molar-refractivity contribution < 1.29 is 0 Å². The smallest absolute Gasteiger partial charge is 0.0893 e. The van der Waals surface area contributed by atoms with E-state index in [1.54, 1.807) is 6.20 Å². The lowest BCUT2D eigenvalue weighted by atomic mass is 9.94. The highest BCUT2D eigenvalue weighted by Gasteiger charge is 2.14. The number of benzene rings is 4. The van der Waals surface area contributed by atoms with Crippen LogP contribution in [0.4, 0.5) is 0 Å². The molecule has 7 rings (SSSR count). The monoisotopic (exact) mass is 459 g/mol. The van der Waals surface area contributed by atoms with E-state index in [9.17, 15) is 0 Å². The van der Waals surface area contributed by atoms with Crippen LogP contribution in [0.2, 0.25) is 0 Å². The molecular formula is C33H21N3.